The van der Waals surface area contributed by atoms with Gasteiger partial charge in [-0.1, -0.05) is 12.1 Å². The zero-order chi connectivity index (χ0) is 9.97. The Morgan fingerprint density at radius 1 is 1.21 bits per heavy atom. The molecule has 0 radical (unpaired) electrons. The first-order valence-electron chi connectivity index (χ1n) is 4.20. The number of halogens is 1. The number of aromatic nitrogens is 1. The number of aldehydes is 1. The third kappa shape index (κ3) is 1.33. The van der Waals surface area contributed by atoms with Gasteiger partial charge in [-0.05, 0) is 18.2 Å². The van der Waals surface area contributed by atoms with Crippen LogP contribution in [0.25, 0.3) is 11.3 Å². The van der Waals surface area contributed by atoms with Gasteiger partial charge in [-0.3, -0.25) is 4.79 Å². The molecule has 0 aliphatic carbocycles. The summed E-state index contributed by atoms with van der Waals surface area (Å²) >= 11 is 0. The Hall–Kier alpha value is -1.90. The minimum Gasteiger partial charge on any atom is -0.361 e. The second-order valence-electron chi connectivity index (χ2n) is 2.91. The van der Waals surface area contributed by atoms with Gasteiger partial charge >= 0.3 is 0 Å². The SMILES string of the molecule is O=Cc1cc[nH]c1-c1ccccc1F. The second kappa shape index (κ2) is 3.46. The molecule has 0 aliphatic heterocycles. The van der Waals surface area contributed by atoms with E-state index >= 15 is 0 Å². The highest BCUT2D eigenvalue weighted by molar-refractivity contribution is 5.86. The molecule has 0 amide bonds. The summed E-state index contributed by atoms with van der Waals surface area (Å²) in [6.07, 6.45) is 2.32. The lowest BCUT2D eigenvalue weighted by Gasteiger charge is -2.00. The smallest absolute Gasteiger partial charge is 0.152 e. The van der Waals surface area contributed by atoms with Gasteiger partial charge in [0.25, 0.3) is 0 Å². The van der Waals surface area contributed by atoms with Crippen LogP contribution in [0, 0.1) is 5.82 Å². The fraction of sp³-hybridized carbons (Fsp3) is 0. The number of hydrogen-bond acceptors (Lipinski definition) is 1. The summed E-state index contributed by atoms with van der Waals surface area (Å²) in [5.74, 6) is -0.335. The number of aromatic amines is 1. The molecular formula is C11H8FNO. The Bertz CT molecular complexity index is 462. The maximum absolute atomic E-state index is 13.3. The summed E-state index contributed by atoms with van der Waals surface area (Å²) in [6.45, 7) is 0. The van der Waals surface area contributed by atoms with Crippen molar-refractivity contribution in [1.29, 1.82) is 0 Å². The Balaban J connectivity index is 2.60. The lowest BCUT2D eigenvalue weighted by atomic mass is 10.1. The highest BCUT2D eigenvalue weighted by Crippen LogP contribution is 2.23. The Kier molecular flexibility index (Phi) is 2.14. The summed E-state index contributed by atoms with van der Waals surface area (Å²) in [5.41, 5.74) is 1.41. The molecule has 1 heterocycles. The molecule has 0 aliphatic rings. The molecule has 2 aromatic rings. The monoisotopic (exact) mass is 189 g/mol. The second-order valence-corrected chi connectivity index (χ2v) is 2.91. The molecule has 1 aromatic heterocycles. The highest BCUT2D eigenvalue weighted by Gasteiger charge is 2.08. The summed E-state index contributed by atoms with van der Waals surface area (Å²) < 4.78 is 13.3. The van der Waals surface area contributed by atoms with Crippen molar-refractivity contribution in [2.24, 2.45) is 0 Å². The third-order valence-corrected chi connectivity index (χ3v) is 2.05. The van der Waals surface area contributed by atoms with Gasteiger partial charge in [-0.2, -0.15) is 0 Å². The number of benzene rings is 1. The average Bonchev–Trinajstić information content (AvgIpc) is 2.66. The van der Waals surface area contributed by atoms with Crippen LogP contribution in [0.3, 0.4) is 0 Å². The molecule has 70 valence electrons. The Morgan fingerprint density at radius 3 is 2.71 bits per heavy atom. The molecule has 0 fully saturated rings. The van der Waals surface area contributed by atoms with Crippen LogP contribution >= 0.6 is 0 Å². The van der Waals surface area contributed by atoms with Crippen LogP contribution in [0.4, 0.5) is 4.39 Å². The molecule has 0 saturated heterocycles. The van der Waals surface area contributed by atoms with Crippen molar-refractivity contribution in [3.05, 3.63) is 47.9 Å². The number of H-pyrrole nitrogens is 1. The van der Waals surface area contributed by atoms with Crippen molar-refractivity contribution in [2.45, 2.75) is 0 Å². The van der Waals surface area contributed by atoms with Gasteiger partial charge in [0, 0.05) is 17.3 Å². The zero-order valence-electron chi connectivity index (χ0n) is 7.33. The third-order valence-electron chi connectivity index (χ3n) is 2.05. The van der Waals surface area contributed by atoms with Crippen LogP contribution in [0.2, 0.25) is 0 Å². The lowest BCUT2D eigenvalue weighted by Crippen LogP contribution is -1.87. The molecule has 3 heteroatoms. The molecule has 1 aromatic carbocycles. The maximum Gasteiger partial charge on any atom is 0.152 e. The Labute approximate surface area is 80.4 Å². The molecular weight excluding hydrogens is 181 g/mol. The molecule has 0 atom stereocenters. The van der Waals surface area contributed by atoms with Crippen LogP contribution < -0.4 is 0 Å². The number of carbonyl (C=O) groups excluding carboxylic acids is 1. The predicted molar refractivity (Wildman–Crippen MR) is 51.6 cm³/mol. The molecule has 2 nitrogen and oxygen atoms in total. The molecule has 0 spiro atoms. The van der Waals surface area contributed by atoms with Crippen molar-refractivity contribution < 1.29 is 9.18 Å². The highest BCUT2D eigenvalue weighted by atomic mass is 19.1. The van der Waals surface area contributed by atoms with Crippen molar-refractivity contribution in [2.75, 3.05) is 0 Å². The van der Waals surface area contributed by atoms with E-state index in [9.17, 15) is 9.18 Å². The quantitative estimate of drug-likeness (QED) is 0.724. The first-order valence-corrected chi connectivity index (χ1v) is 4.20. The van der Waals surface area contributed by atoms with Crippen LogP contribution in [0.1, 0.15) is 10.4 Å². The normalized spacial score (nSPS) is 10.1. The van der Waals surface area contributed by atoms with Gasteiger partial charge in [0.1, 0.15) is 5.82 Å². The molecule has 2 rings (SSSR count). The summed E-state index contributed by atoms with van der Waals surface area (Å²) in [6, 6.07) is 7.96. The lowest BCUT2D eigenvalue weighted by molar-refractivity contribution is 0.112. The van der Waals surface area contributed by atoms with Crippen molar-refractivity contribution in [1.82, 2.24) is 4.98 Å². The van der Waals surface area contributed by atoms with Crippen LogP contribution in [0.15, 0.2) is 36.5 Å². The van der Waals surface area contributed by atoms with Gasteiger partial charge in [0.2, 0.25) is 0 Å². The minimum atomic E-state index is -0.335. The van der Waals surface area contributed by atoms with Gasteiger partial charge in [-0.25, -0.2) is 4.39 Å². The van der Waals surface area contributed by atoms with E-state index in [1.807, 2.05) is 0 Å². The van der Waals surface area contributed by atoms with E-state index in [4.69, 9.17) is 0 Å². The summed E-state index contributed by atoms with van der Waals surface area (Å²) in [5, 5.41) is 0. The van der Waals surface area contributed by atoms with E-state index in [1.165, 1.54) is 6.07 Å². The van der Waals surface area contributed by atoms with Gasteiger partial charge < -0.3 is 4.98 Å². The van der Waals surface area contributed by atoms with Crippen LogP contribution in [-0.4, -0.2) is 11.3 Å². The van der Waals surface area contributed by atoms with Crippen LogP contribution in [-0.2, 0) is 0 Å². The number of rotatable bonds is 2. The van der Waals surface area contributed by atoms with E-state index in [0.717, 1.165) is 0 Å². The molecule has 0 bridgehead atoms. The van der Waals surface area contributed by atoms with E-state index in [1.54, 1.807) is 30.5 Å². The predicted octanol–water partition coefficient (Wildman–Crippen LogP) is 2.63. The van der Waals surface area contributed by atoms with Gasteiger partial charge in [0.15, 0.2) is 6.29 Å². The first kappa shape index (κ1) is 8.69. The van der Waals surface area contributed by atoms with E-state index in [0.29, 0.717) is 23.1 Å². The number of hydrogen-bond donors (Lipinski definition) is 1. The van der Waals surface area contributed by atoms with Crippen LogP contribution in [0.5, 0.6) is 0 Å². The van der Waals surface area contributed by atoms with E-state index in [-0.39, 0.29) is 5.82 Å². The summed E-state index contributed by atoms with van der Waals surface area (Å²) in [7, 11) is 0. The molecule has 0 unspecified atom stereocenters. The van der Waals surface area contributed by atoms with Crippen molar-refractivity contribution in [3.8, 4) is 11.3 Å². The fourth-order valence-corrected chi connectivity index (χ4v) is 1.38. The van der Waals surface area contributed by atoms with Gasteiger partial charge in [0.05, 0.1) is 5.69 Å². The fourth-order valence-electron chi connectivity index (χ4n) is 1.38. The zero-order valence-corrected chi connectivity index (χ0v) is 7.33. The van der Waals surface area contributed by atoms with E-state index < -0.39 is 0 Å². The van der Waals surface area contributed by atoms with Crippen molar-refractivity contribution >= 4 is 6.29 Å². The average molecular weight is 189 g/mol. The van der Waals surface area contributed by atoms with Crippen molar-refractivity contribution in [3.63, 3.8) is 0 Å². The largest absolute Gasteiger partial charge is 0.361 e. The number of nitrogens with one attached hydrogen (secondary N) is 1. The number of carbonyl (C=O) groups is 1. The standard InChI is InChI=1S/C11H8FNO/c12-10-4-2-1-3-9(10)11-8(7-14)5-6-13-11/h1-7,13H. The Morgan fingerprint density at radius 2 is 2.00 bits per heavy atom. The topological polar surface area (TPSA) is 32.9 Å². The van der Waals surface area contributed by atoms with E-state index in [2.05, 4.69) is 4.98 Å². The molecule has 14 heavy (non-hydrogen) atoms. The van der Waals surface area contributed by atoms with Gasteiger partial charge in [-0.15, -0.1) is 0 Å². The first-order chi connectivity index (χ1) is 6.83. The minimum absolute atomic E-state index is 0.335. The maximum atomic E-state index is 13.3. The molecule has 1 N–H and O–H groups in total. The summed E-state index contributed by atoms with van der Waals surface area (Å²) in [4.78, 5) is 13.5. The molecule has 0 saturated carbocycles.